The average molecular weight is 274 g/mol. The van der Waals surface area contributed by atoms with E-state index in [9.17, 15) is 13.2 Å². The number of ether oxygens (including phenoxy) is 3. The third-order valence-electron chi connectivity index (χ3n) is 2.25. The summed E-state index contributed by atoms with van der Waals surface area (Å²) in [7, 11) is 0.234. The lowest BCUT2D eigenvalue weighted by Gasteiger charge is -2.09. The minimum atomic E-state index is -3.74. The summed E-state index contributed by atoms with van der Waals surface area (Å²) in [5.41, 5.74) is 0. The lowest BCUT2D eigenvalue weighted by atomic mass is 10.3. The Labute approximate surface area is 105 Å². The highest BCUT2D eigenvalue weighted by Gasteiger charge is 2.21. The molecule has 1 aromatic carbocycles. The van der Waals surface area contributed by atoms with Crippen molar-refractivity contribution in [3.8, 4) is 11.5 Å². The molecule has 0 unspecified atom stereocenters. The highest BCUT2D eigenvalue weighted by molar-refractivity contribution is 7.92. The number of rotatable bonds is 5. The van der Waals surface area contributed by atoms with Crippen molar-refractivity contribution in [2.24, 2.45) is 0 Å². The maximum Gasteiger partial charge on any atom is 0.321 e. The molecule has 0 saturated carbocycles. The number of sulfone groups is 1. The molecule has 100 valence electrons. The summed E-state index contributed by atoms with van der Waals surface area (Å²) in [4.78, 5) is 11.0. The first kappa shape index (κ1) is 14.3. The minimum absolute atomic E-state index is 0.0226. The molecule has 1 aromatic rings. The van der Waals surface area contributed by atoms with Crippen LogP contribution in [0.2, 0.25) is 0 Å². The molecule has 0 fully saturated rings. The second kappa shape index (κ2) is 5.72. The largest absolute Gasteiger partial charge is 0.493 e. The molecule has 0 spiro atoms. The molecule has 0 heterocycles. The van der Waals surface area contributed by atoms with E-state index in [4.69, 9.17) is 9.47 Å². The first-order valence-electron chi connectivity index (χ1n) is 4.96. The van der Waals surface area contributed by atoms with E-state index < -0.39 is 21.6 Å². The molecular weight excluding hydrogens is 260 g/mol. The molecule has 0 radical (unpaired) electrons. The number of carbonyl (C=O) groups is 1. The number of carbonyl (C=O) groups excluding carboxylic acids is 1. The molecule has 0 aliphatic heterocycles. The Morgan fingerprint density at radius 3 is 2.22 bits per heavy atom. The summed E-state index contributed by atoms with van der Waals surface area (Å²) in [6.07, 6.45) is 0. The van der Waals surface area contributed by atoms with Crippen LogP contribution in [0.25, 0.3) is 0 Å². The smallest absolute Gasteiger partial charge is 0.321 e. The van der Waals surface area contributed by atoms with Crippen molar-refractivity contribution < 1.29 is 27.4 Å². The molecule has 0 saturated heterocycles. The van der Waals surface area contributed by atoms with E-state index in [2.05, 4.69) is 4.74 Å². The van der Waals surface area contributed by atoms with Crippen LogP contribution in [-0.2, 0) is 19.4 Å². The molecule has 0 bridgehead atoms. The summed E-state index contributed by atoms with van der Waals surface area (Å²) >= 11 is 0. The molecule has 0 N–H and O–H groups in total. The molecular formula is C11H14O6S. The van der Waals surface area contributed by atoms with Crippen LogP contribution in [0.15, 0.2) is 23.1 Å². The van der Waals surface area contributed by atoms with Gasteiger partial charge >= 0.3 is 5.97 Å². The van der Waals surface area contributed by atoms with Gasteiger partial charge in [-0.2, -0.15) is 0 Å². The van der Waals surface area contributed by atoms with Crippen LogP contribution in [0.4, 0.5) is 0 Å². The van der Waals surface area contributed by atoms with Crippen molar-refractivity contribution in [1.29, 1.82) is 0 Å². The molecule has 0 atom stereocenters. The minimum Gasteiger partial charge on any atom is -0.493 e. The summed E-state index contributed by atoms with van der Waals surface area (Å²) in [6.45, 7) is 0. The fraction of sp³-hybridized carbons (Fsp3) is 0.364. The third kappa shape index (κ3) is 3.13. The Hall–Kier alpha value is -1.76. The number of methoxy groups -OCH3 is 3. The zero-order valence-electron chi connectivity index (χ0n) is 10.3. The van der Waals surface area contributed by atoms with Gasteiger partial charge < -0.3 is 14.2 Å². The van der Waals surface area contributed by atoms with E-state index in [1.54, 1.807) is 0 Å². The maximum atomic E-state index is 11.9. The van der Waals surface area contributed by atoms with E-state index in [1.807, 2.05) is 0 Å². The second-order valence-electron chi connectivity index (χ2n) is 3.35. The van der Waals surface area contributed by atoms with E-state index in [0.717, 1.165) is 7.11 Å². The van der Waals surface area contributed by atoms with Crippen LogP contribution in [0.1, 0.15) is 0 Å². The lowest BCUT2D eigenvalue weighted by molar-refractivity contribution is -0.137. The van der Waals surface area contributed by atoms with Gasteiger partial charge in [0.25, 0.3) is 0 Å². The van der Waals surface area contributed by atoms with E-state index in [0.29, 0.717) is 5.75 Å². The zero-order chi connectivity index (χ0) is 13.8. The second-order valence-corrected chi connectivity index (χ2v) is 5.34. The van der Waals surface area contributed by atoms with Crippen molar-refractivity contribution in [3.63, 3.8) is 0 Å². The van der Waals surface area contributed by atoms with Crippen molar-refractivity contribution in [2.75, 3.05) is 27.1 Å². The predicted octanol–water partition coefficient (Wildman–Crippen LogP) is 0.650. The fourth-order valence-electron chi connectivity index (χ4n) is 1.31. The topological polar surface area (TPSA) is 78.9 Å². The van der Waals surface area contributed by atoms with E-state index >= 15 is 0 Å². The SMILES string of the molecule is COC(=O)CS(=O)(=O)c1ccc(OC)c(OC)c1. The van der Waals surface area contributed by atoms with Gasteiger partial charge in [0.15, 0.2) is 27.1 Å². The van der Waals surface area contributed by atoms with Gasteiger partial charge in [-0.15, -0.1) is 0 Å². The van der Waals surface area contributed by atoms with Gasteiger partial charge in [0.05, 0.1) is 26.2 Å². The molecule has 0 aromatic heterocycles. The van der Waals surface area contributed by atoms with Gasteiger partial charge in [0.2, 0.25) is 0 Å². The first-order chi connectivity index (χ1) is 8.44. The molecule has 1 rings (SSSR count). The normalized spacial score (nSPS) is 10.8. The van der Waals surface area contributed by atoms with Crippen molar-refractivity contribution in [3.05, 3.63) is 18.2 Å². The lowest BCUT2D eigenvalue weighted by Crippen LogP contribution is -2.17. The molecule has 6 nitrogen and oxygen atoms in total. The van der Waals surface area contributed by atoms with Crippen molar-refractivity contribution in [2.45, 2.75) is 4.90 Å². The Morgan fingerprint density at radius 2 is 1.72 bits per heavy atom. The molecule has 7 heteroatoms. The van der Waals surface area contributed by atoms with E-state index in [-0.39, 0.29) is 10.6 Å². The Bertz CT molecular complexity index is 534. The van der Waals surface area contributed by atoms with Gasteiger partial charge in [-0.25, -0.2) is 8.42 Å². The summed E-state index contributed by atoms with van der Waals surface area (Å²) < 4.78 is 38.1. The predicted molar refractivity (Wildman–Crippen MR) is 63.6 cm³/mol. The van der Waals surface area contributed by atoms with E-state index in [1.165, 1.54) is 32.4 Å². The molecule has 0 aliphatic rings. The molecule has 0 amide bonds. The van der Waals surface area contributed by atoms with Gasteiger partial charge in [0.1, 0.15) is 0 Å². The summed E-state index contributed by atoms with van der Waals surface area (Å²) in [5.74, 6) is -0.832. The summed E-state index contributed by atoms with van der Waals surface area (Å²) in [5, 5.41) is 0. The fourth-order valence-corrected chi connectivity index (χ4v) is 2.46. The van der Waals surface area contributed by atoms with Crippen LogP contribution in [0.5, 0.6) is 11.5 Å². The third-order valence-corrected chi connectivity index (χ3v) is 3.84. The Morgan fingerprint density at radius 1 is 1.11 bits per heavy atom. The Kier molecular flexibility index (Phi) is 4.55. The monoisotopic (exact) mass is 274 g/mol. The quantitative estimate of drug-likeness (QED) is 0.734. The van der Waals surface area contributed by atoms with Crippen LogP contribution in [-0.4, -0.2) is 41.5 Å². The van der Waals surface area contributed by atoms with Crippen LogP contribution < -0.4 is 9.47 Å². The van der Waals surface area contributed by atoms with Crippen LogP contribution >= 0.6 is 0 Å². The number of esters is 1. The molecule has 18 heavy (non-hydrogen) atoms. The van der Waals surface area contributed by atoms with Crippen LogP contribution in [0.3, 0.4) is 0 Å². The zero-order valence-corrected chi connectivity index (χ0v) is 11.1. The van der Waals surface area contributed by atoms with Crippen LogP contribution in [0, 0.1) is 0 Å². The summed E-state index contributed by atoms with van der Waals surface area (Å²) in [6, 6.07) is 4.11. The number of benzene rings is 1. The van der Waals surface area contributed by atoms with Gasteiger partial charge in [-0.3, -0.25) is 4.79 Å². The number of hydrogen-bond acceptors (Lipinski definition) is 6. The maximum absolute atomic E-state index is 11.9. The highest BCUT2D eigenvalue weighted by Crippen LogP contribution is 2.29. The van der Waals surface area contributed by atoms with Crippen molar-refractivity contribution in [1.82, 2.24) is 0 Å². The van der Waals surface area contributed by atoms with Crippen molar-refractivity contribution >= 4 is 15.8 Å². The van der Waals surface area contributed by atoms with Gasteiger partial charge in [-0.05, 0) is 12.1 Å². The number of hydrogen-bond donors (Lipinski definition) is 0. The average Bonchev–Trinajstić information content (AvgIpc) is 2.37. The van der Waals surface area contributed by atoms with Gasteiger partial charge in [-0.1, -0.05) is 0 Å². The first-order valence-corrected chi connectivity index (χ1v) is 6.61. The van der Waals surface area contributed by atoms with Gasteiger partial charge in [0, 0.05) is 6.07 Å². The highest BCUT2D eigenvalue weighted by atomic mass is 32.2. The Balaban J connectivity index is 3.14. The standard InChI is InChI=1S/C11H14O6S/c1-15-9-5-4-8(6-10(9)16-2)18(13,14)7-11(12)17-3/h4-6H,7H2,1-3H3. The molecule has 0 aliphatic carbocycles.